The van der Waals surface area contributed by atoms with Crippen LogP contribution in [0.15, 0.2) is 53.7 Å². The molecule has 0 saturated carbocycles. The molecule has 0 radical (unpaired) electrons. The molecule has 0 spiro atoms. The highest BCUT2D eigenvalue weighted by Gasteiger charge is 2.21. The molecule has 0 saturated heterocycles. The summed E-state index contributed by atoms with van der Waals surface area (Å²) in [6.07, 6.45) is 1.70. The van der Waals surface area contributed by atoms with Gasteiger partial charge in [-0.05, 0) is 42.5 Å². The normalized spacial score (nSPS) is 11.8. The largest absolute Gasteiger partial charge is 0.334 e. The van der Waals surface area contributed by atoms with Gasteiger partial charge in [-0.15, -0.1) is 0 Å². The van der Waals surface area contributed by atoms with Crippen molar-refractivity contribution in [2.24, 2.45) is 7.05 Å². The van der Waals surface area contributed by atoms with Gasteiger partial charge in [0.15, 0.2) is 0 Å². The van der Waals surface area contributed by atoms with Crippen LogP contribution in [0, 0.1) is 0 Å². The van der Waals surface area contributed by atoms with Crippen molar-refractivity contribution in [1.29, 1.82) is 0 Å². The zero-order chi connectivity index (χ0) is 15.9. The first-order valence-electron chi connectivity index (χ1n) is 6.55. The van der Waals surface area contributed by atoms with Gasteiger partial charge in [0.1, 0.15) is 0 Å². The van der Waals surface area contributed by atoms with E-state index in [2.05, 4.69) is 4.98 Å². The highest BCUT2D eigenvalue weighted by Crippen LogP contribution is 2.25. The molecule has 0 aliphatic carbocycles. The van der Waals surface area contributed by atoms with E-state index in [9.17, 15) is 8.42 Å². The average molecular weight is 336 g/mol. The second-order valence-corrected chi connectivity index (χ2v) is 7.36. The summed E-state index contributed by atoms with van der Waals surface area (Å²) in [5.74, 6) is 0. The van der Waals surface area contributed by atoms with Gasteiger partial charge in [-0.25, -0.2) is 13.4 Å². The number of hydrogen-bond acceptors (Lipinski definition) is 3. The van der Waals surface area contributed by atoms with Crippen LogP contribution in [-0.2, 0) is 17.1 Å². The van der Waals surface area contributed by atoms with E-state index in [1.165, 1.54) is 23.5 Å². The van der Waals surface area contributed by atoms with E-state index in [1.54, 1.807) is 30.6 Å². The quantitative estimate of drug-likeness (QED) is 0.739. The standard InChI is InChI=1S/C15H14ClN3O2S/c1-18-10-17-14-9-12(5-8-15(14)18)19(2)22(20,21)13-6-3-11(16)4-7-13/h3-10H,1-2H3. The van der Waals surface area contributed by atoms with Crippen LogP contribution >= 0.6 is 11.6 Å². The van der Waals surface area contributed by atoms with Crippen molar-refractivity contribution in [3.63, 3.8) is 0 Å². The maximum Gasteiger partial charge on any atom is 0.264 e. The number of hydrogen-bond donors (Lipinski definition) is 0. The van der Waals surface area contributed by atoms with E-state index in [0.29, 0.717) is 10.7 Å². The number of imidazole rings is 1. The molecule has 0 aliphatic heterocycles. The van der Waals surface area contributed by atoms with Gasteiger partial charge in [0.2, 0.25) is 0 Å². The number of aryl methyl sites for hydroxylation is 1. The summed E-state index contributed by atoms with van der Waals surface area (Å²) < 4.78 is 28.4. The summed E-state index contributed by atoms with van der Waals surface area (Å²) in [6, 6.07) is 11.5. The van der Waals surface area contributed by atoms with E-state index >= 15 is 0 Å². The Balaban J connectivity index is 2.03. The Labute approximate surface area is 133 Å². The minimum atomic E-state index is -3.63. The number of aromatic nitrogens is 2. The topological polar surface area (TPSA) is 55.2 Å². The highest BCUT2D eigenvalue weighted by atomic mass is 35.5. The third-order valence-corrected chi connectivity index (χ3v) is 5.60. The van der Waals surface area contributed by atoms with Gasteiger partial charge < -0.3 is 4.57 Å². The molecule has 5 nitrogen and oxygen atoms in total. The zero-order valence-electron chi connectivity index (χ0n) is 12.1. The van der Waals surface area contributed by atoms with Crippen LogP contribution in [0.4, 0.5) is 5.69 Å². The van der Waals surface area contributed by atoms with Crippen molar-refractivity contribution in [1.82, 2.24) is 9.55 Å². The van der Waals surface area contributed by atoms with Crippen LogP contribution in [0.1, 0.15) is 0 Å². The van der Waals surface area contributed by atoms with Crippen molar-refractivity contribution in [3.8, 4) is 0 Å². The Morgan fingerprint density at radius 2 is 1.82 bits per heavy atom. The molecule has 2 aromatic carbocycles. The van der Waals surface area contributed by atoms with Crippen LogP contribution in [-0.4, -0.2) is 25.0 Å². The maximum absolute atomic E-state index is 12.6. The monoisotopic (exact) mass is 335 g/mol. The Morgan fingerprint density at radius 1 is 1.14 bits per heavy atom. The number of sulfonamides is 1. The lowest BCUT2D eigenvalue weighted by atomic mass is 10.3. The van der Waals surface area contributed by atoms with Crippen molar-refractivity contribution in [3.05, 3.63) is 53.8 Å². The van der Waals surface area contributed by atoms with Gasteiger partial charge in [0.25, 0.3) is 10.0 Å². The average Bonchev–Trinajstić information content (AvgIpc) is 2.88. The summed E-state index contributed by atoms with van der Waals surface area (Å²) in [7, 11) is -0.217. The Morgan fingerprint density at radius 3 is 2.50 bits per heavy atom. The lowest BCUT2D eigenvalue weighted by Crippen LogP contribution is -2.26. The van der Waals surface area contributed by atoms with Crippen molar-refractivity contribution >= 4 is 38.3 Å². The molecule has 3 aromatic rings. The van der Waals surface area contributed by atoms with E-state index in [-0.39, 0.29) is 4.90 Å². The fourth-order valence-electron chi connectivity index (χ4n) is 2.22. The molecule has 7 heteroatoms. The minimum Gasteiger partial charge on any atom is -0.334 e. The molecule has 1 aromatic heterocycles. The fourth-order valence-corrected chi connectivity index (χ4v) is 3.54. The summed E-state index contributed by atoms with van der Waals surface area (Å²) in [4.78, 5) is 4.45. The molecule has 0 aliphatic rings. The first kappa shape index (κ1) is 14.9. The van der Waals surface area contributed by atoms with Gasteiger partial charge in [-0.3, -0.25) is 4.31 Å². The van der Waals surface area contributed by atoms with Crippen LogP contribution in [0.5, 0.6) is 0 Å². The Bertz CT molecular complexity index is 933. The number of halogens is 1. The predicted octanol–water partition coefficient (Wildman–Crippen LogP) is 3.05. The minimum absolute atomic E-state index is 0.195. The first-order valence-corrected chi connectivity index (χ1v) is 8.37. The number of benzene rings is 2. The van der Waals surface area contributed by atoms with Crippen LogP contribution < -0.4 is 4.31 Å². The molecule has 0 bridgehead atoms. The van der Waals surface area contributed by atoms with E-state index in [1.807, 2.05) is 17.7 Å². The SMILES string of the molecule is CN(c1ccc2c(c1)ncn2C)S(=O)(=O)c1ccc(Cl)cc1. The molecule has 114 valence electrons. The molecule has 0 atom stereocenters. The van der Waals surface area contributed by atoms with Gasteiger partial charge >= 0.3 is 0 Å². The summed E-state index contributed by atoms with van der Waals surface area (Å²) >= 11 is 5.81. The second kappa shape index (κ2) is 5.30. The molecule has 1 heterocycles. The smallest absolute Gasteiger partial charge is 0.264 e. The number of rotatable bonds is 3. The van der Waals surface area contributed by atoms with Crippen molar-refractivity contribution in [2.75, 3.05) is 11.4 Å². The third kappa shape index (κ3) is 2.44. The van der Waals surface area contributed by atoms with Crippen molar-refractivity contribution in [2.45, 2.75) is 4.90 Å². The Kier molecular flexibility index (Phi) is 3.58. The predicted molar refractivity (Wildman–Crippen MR) is 87.8 cm³/mol. The Hall–Kier alpha value is -2.05. The highest BCUT2D eigenvalue weighted by molar-refractivity contribution is 7.92. The van der Waals surface area contributed by atoms with Gasteiger partial charge in [-0.1, -0.05) is 11.6 Å². The van der Waals surface area contributed by atoms with Gasteiger partial charge in [0, 0.05) is 19.1 Å². The summed E-state index contributed by atoms with van der Waals surface area (Å²) in [5.41, 5.74) is 2.25. The second-order valence-electron chi connectivity index (χ2n) is 4.95. The lowest BCUT2D eigenvalue weighted by molar-refractivity contribution is 0.594. The van der Waals surface area contributed by atoms with Gasteiger partial charge in [0.05, 0.1) is 27.9 Å². The van der Waals surface area contributed by atoms with E-state index in [0.717, 1.165) is 11.0 Å². The van der Waals surface area contributed by atoms with E-state index in [4.69, 9.17) is 11.6 Å². The number of fused-ring (bicyclic) bond motifs is 1. The lowest BCUT2D eigenvalue weighted by Gasteiger charge is -2.19. The van der Waals surface area contributed by atoms with Crippen LogP contribution in [0.25, 0.3) is 11.0 Å². The molecular formula is C15H14ClN3O2S. The zero-order valence-corrected chi connectivity index (χ0v) is 13.6. The number of anilines is 1. The molecule has 0 fully saturated rings. The van der Waals surface area contributed by atoms with Crippen molar-refractivity contribution < 1.29 is 8.42 Å². The molecular weight excluding hydrogens is 322 g/mol. The fraction of sp³-hybridized carbons (Fsp3) is 0.133. The summed E-state index contributed by atoms with van der Waals surface area (Å²) in [5, 5.41) is 0.497. The molecule has 0 amide bonds. The van der Waals surface area contributed by atoms with Gasteiger partial charge in [-0.2, -0.15) is 0 Å². The molecule has 0 N–H and O–H groups in total. The molecule has 0 unspecified atom stereocenters. The maximum atomic E-state index is 12.6. The van der Waals surface area contributed by atoms with Crippen LogP contribution in [0.3, 0.4) is 0 Å². The first-order chi connectivity index (χ1) is 10.4. The number of nitrogens with zero attached hydrogens (tertiary/aromatic N) is 3. The van der Waals surface area contributed by atoms with E-state index < -0.39 is 10.0 Å². The third-order valence-electron chi connectivity index (χ3n) is 3.54. The van der Waals surface area contributed by atoms with Crippen LogP contribution in [0.2, 0.25) is 5.02 Å². The molecule has 3 rings (SSSR count). The molecule has 22 heavy (non-hydrogen) atoms. The summed E-state index contributed by atoms with van der Waals surface area (Å²) in [6.45, 7) is 0.